The van der Waals surface area contributed by atoms with Gasteiger partial charge in [-0.05, 0) is 25.0 Å². The molecule has 3 aromatic heterocycles. The number of hydrogen-bond donors (Lipinski definition) is 2. The largest absolute Gasteiger partial charge is 0.365 e. The lowest BCUT2D eigenvalue weighted by Gasteiger charge is -2.28. The SMILES string of the molecule is CN(C)C(=O)N1CCC[C@@H]1CNc1nc(-c2c[nH]c3ncccc23)ncc1F. The van der Waals surface area contributed by atoms with Crippen LogP contribution in [-0.2, 0) is 0 Å². The van der Waals surface area contributed by atoms with Crippen molar-refractivity contribution in [1.82, 2.24) is 29.7 Å². The van der Waals surface area contributed by atoms with E-state index in [1.807, 2.05) is 17.0 Å². The van der Waals surface area contributed by atoms with Crippen LogP contribution in [0.25, 0.3) is 22.4 Å². The van der Waals surface area contributed by atoms with Crippen molar-refractivity contribution in [1.29, 1.82) is 0 Å². The number of hydrogen-bond acceptors (Lipinski definition) is 5. The molecule has 1 aliphatic rings. The number of urea groups is 1. The molecule has 1 aliphatic heterocycles. The molecule has 0 spiro atoms. The van der Waals surface area contributed by atoms with Crippen molar-refractivity contribution in [2.75, 3.05) is 32.5 Å². The van der Waals surface area contributed by atoms with Crippen LogP contribution >= 0.6 is 0 Å². The predicted octanol–water partition coefficient (Wildman–Crippen LogP) is 2.72. The molecule has 1 saturated heterocycles. The molecular weight excluding hydrogens is 361 g/mol. The summed E-state index contributed by atoms with van der Waals surface area (Å²) in [4.78, 5) is 31.5. The van der Waals surface area contributed by atoms with E-state index in [0.717, 1.165) is 35.6 Å². The minimum absolute atomic E-state index is 0.00463. The van der Waals surface area contributed by atoms with E-state index in [2.05, 4.69) is 25.3 Å². The second-order valence-electron chi connectivity index (χ2n) is 7.04. The third kappa shape index (κ3) is 3.35. The van der Waals surface area contributed by atoms with Gasteiger partial charge in [-0.2, -0.15) is 0 Å². The highest BCUT2D eigenvalue weighted by molar-refractivity contribution is 5.91. The van der Waals surface area contributed by atoms with Gasteiger partial charge in [-0.25, -0.2) is 24.1 Å². The Morgan fingerprint density at radius 2 is 2.29 bits per heavy atom. The summed E-state index contributed by atoms with van der Waals surface area (Å²) >= 11 is 0. The Labute approximate surface area is 161 Å². The van der Waals surface area contributed by atoms with Crippen LogP contribution in [0.1, 0.15) is 12.8 Å². The maximum Gasteiger partial charge on any atom is 0.319 e. The number of carbonyl (C=O) groups is 1. The number of aromatic nitrogens is 4. The van der Waals surface area contributed by atoms with Crippen molar-refractivity contribution in [3.8, 4) is 11.4 Å². The first kappa shape index (κ1) is 18.1. The minimum Gasteiger partial charge on any atom is -0.365 e. The maximum atomic E-state index is 14.3. The second kappa shape index (κ2) is 7.41. The van der Waals surface area contributed by atoms with Crippen molar-refractivity contribution in [2.24, 2.45) is 0 Å². The molecule has 0 aliphatic carbocycles. The molecule has 2 amide bonds. The summed E-state index contributed by atoms with van der Waals surface area (Å²) in [5, 5.41) is 3.94. The Balaban J connectivity index is 1.54. The number of anilines is 1. The van der Waals surface area contributed by atoms with Gasteiger partial charge in [0.1, 0.15) is 5.65 Å². The smallest absolute Gasteiger partial charge is 0.319 e. The van der Waals surface area contributed by atoms with E-state index in [1.54, 1.807) is 31.4 Å². The lowest BCUT2D eigenvalue weighted by Crippen LogP contribution is -2.44. The van der Waals surface area contributed by atoms with Crippen LogP contribution in [0.3, 0.4) is 0 Å². The number of halogens is 1. The summed E-state index contributed by atoms with van der Waals surface area (Å²) in [6.45, 7) is 1.14. The van der Waals surface area contributed by atoms with Gasteiger partial charge in [0.05, 0.1) is 12.2 Å². The highest BCUT2D eigenvalue weighted by Crippen LogP contribution is 2.26. The lowest BCUT2D eigenvalue weighted by atomic mass is 10.2. The van der Waals surface area contributed by atoms with Crippen LogP contribution in [0.15, 0.2) is 30.7 Å². The van der Waals surface area contributed by atoms with Gasteiger partial charge in [0.2, 0.25) is 0 Å². The third-order valence-electron chi connectivity index (χ3n) is 4.95. The van der Waals surface area contributed by atoms with Crippen LogP contribution in [0.5, 0.6) is 0 Å². The third-order valence-corrected chi connectivity index (χ3v) is 4.95. The maximum absolute atomic E-state index is 14.3. The standard InChI is InChI=1S/C19H22FN7O/c1-26(2)19(28)27-8-4-5-12(27)9-22-18-15(20)11-24-17(25-18)14-10-23-16-13(14)6-3-7-21-16/h3,6-7,10-12H,4-5,8-9H2,1-2H3,(H,21,23)(H,22,24,25)/t12-/m1/s1. The van der Waals surface area contributed by atoms with Gasteiger partial charge >= 0.3 is 6.03 Å². The molecule has 0 aromatic carbocycles. The molecule has 0 radical (unpaired) electrons. The van der Waals surface area contributed by atoms with Crippen molar-refractivity contribution < 1.29 is 9.18 Å². The number of likely N-dealkylation sites (tertiary alicyclic amines) is 1. The number of amides is 2. The number of pyridine rings is 1. The fourth-order valence-corrected chi connectivity index (χ4v) is 3.53. The van der Waals surface area contributed by atoms with Crippen molar-refractivity contribution >= 4 is 22.9 Å². The highest BCUT2D eigenvalue weighted by Gasteiger charge is 2.29. The number of nitrogens with one attached hydrogen (secondary N) is 2. The monoisotopic (exact) mass is 383 g/mol. The number of carbonyl (C=O) groups excluding carboxylic acids is 1. The van der Waals surface area contributed by atoms with E-state index >= 15 is 0 Å². The Morgan fingerprint density at radius 1 is 1.43 bits per heavy atom. The Morgan fingerprint density at radius 3 is 3.11 bits per heavy atom. The van der Waals surface area contributed by atoms with Crippen LogP contribution in [0.2, 0.25) is 0 Å². The Kier molecular flexibility index (Phi) is 4.81. The zero-order valence-electron chi connectivity index (χ0n) is 15.8. The molecule has 0 unspecified atom stereocenters. The summed E-state index contributed by atoms with van der Waals surface area (Å²) in [5.74, 6) is 0.0217. The van der Waals surface area contributed by atoms with Crippen molar-refractivity contribution in [3.63, 3.8) is 0 Å². The van der Waals surface area contributed by atoms with E-state index in [0.29, 0.717) is 18.9 Å². The van der Waals surface area contributed by atoms with Gasteiger partial charge in [-0.1, -0.05) is 0 Å². The summed E-state index contributed by atoms with van der Waals surface area (Å²) in [5.41, 5.74) is 1.49. The second-order valence-corrected chi connectivity index (χ2v) is 7.04. The minimum atomic E-state index is -0.523. The van der Waals surface area contributed by atoms with E-state index < -0.39 is 5.82 Å². The normalized spacial score (nSPS) is 16.5. The molecule has 3 aromatic rings. The lowest BCUT2D eigenvalue weighted by molar-refractivity contribution is 0.168. The summed E-state index contributed by atoms with van der Waals surface area (Å²) in [7, 11) is 3.47. The number of aromatic amines is 1. The predicted molar refractivity (Wildman–Crippen MR) is 104 cm³/mol. The molecule has 9 heteroatoms. The van der Waals surface area contributed by atoms with Crippen molar-refractivity contribution in [2.45, 2.75) is 18.9 Å². The van der Waals surface area contributed by atoms with Gasteiger partial charge in [0.15, 0.2) is 17.5 Å². The van der Waals surface area contributed by atoms with E-state index in [9.17, 15) is 9.18 Å². The van der Waals surface area contributed by atoms with Gasteiger partial charge in [0, 0.05) is 50.5 Å². The average Bonchev–Trinajstić information content (AvgIpc) is 3.33. The van der Waals surface area contributed by atoms with E-state index in [1.165, 1.54) is 0 Å². The molecule has 2 N–H and O–H groups in total. The quantitative estimate of drug-likeness (QED) is 0.723. The first-order valence-corrected chi connectivity index (χ1v) is 9.21. The number of nitrogens with zero attached hydrogens (tertiary/aromatic N) is 5. The summed E-state index contributed by atoms with van der Waals surface area (Å²) < 4.78 is 14.3. The average molecular weight is 383 g/mol. The number of H-pyrrole nitrogens is 1. The first-order valence-electron chi connectivity index (χ1n) is 9.21. The molecule has 4 rings (SSSR count). The van der Waals surface area contributed by atoms with E-state index in [-0.39, 0.29) is 17.9 Å². The van der Waals surface area contributed by atoms with Gasteiger partial charge in [0.25, 0.3) is 0 Å². The topological polar surface area (TPSA) is 90.0 Å². The van der Waals surface area contributed by atoms with E-state index in [4.69, 9.17) is 0 Å². The molecule has 4 heterocycles. The van der Waals surface area contributed by atoms with Gasteiger partial charge in [-0.15, -0.1) is 0 Å². The number of fused-ring (bicyclic) bond motifs is 1. The molecule has 8 nitrogen and oxygen atoms in total. The summed E-state index contributed by atoms with van der Waals surface area (Å²) in [6, 6.07) is 3.72. The zero-order valence-corrected chi connectivity index (χ0v) is 15.8. The molecule has 28 heavy (non-hydrogen) atoms. The number of rotatable bonds is 4. The summed E-state index contributed by atoms with van der Waals surface area (Å²) in [6.07, 6.45) is 6.44. The molecule has 1 atom stereocenters. The molecule has 146 valence electrons. The van der Waals surface area contributed by atoms with Crippen LogP contribution in [0, 0.1) is 5.82 Å². The molecule has 1 fully saturated rings. The molecule has 0 saturated carbocycles. The van der Waals surface area contributed by atoms with Gasteiger partial charge in [-0.3, -0.25) is 0 Å². The zero-order chi connectivity index (χ0) is 19.7. The highest BCUT2D eigenvalue weighted by atomic mass is 19.1. The van der Waals surface area contributed by atoms with Gasteiger partial charge < -0.3 is 20.1 Å². The molecule has 0 bridgehead atoms. The van der Waals surface area contributed by atoms with Crippen LogP contribution in [-0.4, -0.2) is 69.0 Å². The first-order chi connectivity index (χ1) is 13.5. The van der Waals surface area contributed by atoms with Crippen LogP contribution in [0.4, 0.5) is 15.0 Å². The Bertz CT molecular complexity index is 1000. The molecular formula is C19H22FN7O. The fourth-order valence-electron chi connectivity index (χ4n) is 3.53. The Hall–Kier alpha value is -3.23. The van der Waals surface area contributed by atoms with Crippen LogP contribution < -0.4 is 5.32 Å². The van der Waals surface area contributed by atoms with Crippen molar-refractivity contribution in [3.05, 3.63) is 36.5 Å². The fraction of sp³-hybridized carbons (Fsp3) is 0.368.